The fraction of sp³-hybridized carbons (Fsp3) is 0.556. The van der Waals surface area contributed by atoms with Crippen LogP contribution >= 0.6 is 0 Å². The van der Waals surface area contributed by atoms with Crippen molar-refractivity contribution in [2.75, 3.05) is 12.3 Å². The number of nitrogen functional groups attached to an aromatic ring is 1. The molecule has 6 N–H and O–H groups in total. The molecule has 0 spiro atoms. The van der Waals surface area contributed by atoms with Crippen LogP contribution in [0.4, 0.5) is 5.82 Å². The number of rotatable bonds is 3. The Morgan fingerprint density at radius 2 is 2.35 bits per heavy atom. The average Bonchev–Trinajstić information content (AvgIpc) is 2.65. The Hall–Kier alpha value is -2.17. The summed E-state index contributed by atoms with van der Waals surface area (Å²) in [4.78, 5) is 16.5. The lowest BCUT2D eigenvalue weighted by molar-refractivity contribution is -0.781. The second kappa shape index (κ2) is 5.07. The van der Waals surface area contributed by atoms with Crippen LogP contribution in [0.15, 0.2) is 22.2 Å². The Kier molecular flexibility index (Phi) is 3.61. The standard InChI is InChI=1S/C9H12N6O5/c10-4-1-2-15(8(19)12-4)7-5(17)6(18)9(3-16,20-7)13-14-11/h1-2,5-7,16-18H,3H2,(H2,10,12,19)/p+1/t5-,6+,7-,9-/m1/s1. The minimum Gasteiger partial charge on any atom is -0.393 e. The van der Waals surface area contributed by atoms with Gasteiger partial charge in [0.1, 0.15) is 18.4 Å². The van der Waals surface area contributed by atoms with Gasteiger partial charge in [0.05, 0.1) is 6.61 Å². The lowest BCUT2D eigenvalue weighted by Crippen LogP contribution is -2.58. The number of nitrogens with one attached hydrogen (secondary N) is 1. The molecule has 0 unspecified atom stereocenters. The van der Waals surface area contributed by atoms with Gasteiger partial charge >= 0.3 is 5.69 Å². The van der Waals surface area contributed by atoms with E-state index in [4.69, 9.17) is 16.0 Å². The summed E-state index contributed by atoms with van der Waals surface area (Å²) in [5.41, 5.74) is 11.1. The number of nitrogens with zero attached hydrogens (tertiary/aromatic N) is 4. The van der Waals surface area contributed by atoms with Crippen molar-refractivity contribution in [3.63, 3.8) is 0 Å². The third-order valence-corrected chi connectivity index (χ3v) is 3.02. The Balaban J connectivity index is 2.45. The molecule has 108 valence electrons. The lowest BCUT2D eigenvalue weighted by Gasteiger charge is -2.22. The van der Waals surface area contributed by atoms with Crippen LogP contribution in [0.3, 0.4) is 0 Å². The van der Waals surface area contributed by atoms with Crippen molar-refractivity contribution in [1.29, 1.82) is 0 Å². The molecule has 1 saturated heterocycles. The molecule has 2 heterocycles. The number of H-pyrrole nitrogens is 1. The van der Waals surface area contributed by atoms with Gasteiger partial charge in [-0.15, -0.1) is 0 Å². The molecule has 1 aromatic rings. The molecule has 11 heteroatoms. The molecule has 11 nitrogen and oxygen atoms in total. The summed E-state index contributed by atoms with van der Waals surface area (Å²) >= 11 is 0. The predicted octanol–water partition coefficient (Wildman–Crippen LogP) is -2.51. The highest BCUT2D eigenvalue weighted by Crippen LogP contribution is 2.35. The Labute approximate surface area is 111 Å². The van der Waals surface area contributed by atoms with E-state index in [-0.39, 0.29) is 5.82 Å². The molecule has 20 heavy (non-hydrogen) atoms. The maximum atomic E-state index is 11.7. The van der Waals surface area contributed by atoms with Crippen LogP contribution < -0.4 is 16.0 Å². The van der Waals surface area contributed by atoms with E-state index in [1.165, 1.54) is 12.3 Å². The second-order valence-corrected chi connectivity index (χ2v) is 4.24. The van der Waals surface area contributed by atoms with Crippen molar-refractivity contribution in [3.05, 3.63) is 33.2 Å². The van der Waals surface area contributed by atoms with Crippen molar-refractivity contribution in [3.8, 4) is 0 Å². The zero-order chi connectivity index (χ0) is 14.9. The molecule has 1 fully saturated rings. The van der Waals surface area contributed by atoms with E-state index >= 15 is 0 Å². The summed E-state index contributed by atoms with van der Waals surface area (Å²) in [7, 11) is 0. The summed E-state index contributed by atoms with van der Waals surface area (Å²) in [6, 6.07) is 1.34. The van der Waals surface area contributed by atoms with Crippen LogP contribution in [0.25, 0.3) is 10.4 Å². The number of aromatic nitrogens is 2. The maximum absolute atomic E-state index is 11.7. The van der Waals surface area contributed by atoms with E-state index in [0.717, 1.165) is 4.57 Å². The van der Waals surface area contributed by atoms with Crippen LogP contribution in [0.5, 0.6) is 0 Å². The number of ether oxygens (including phenoxy) is 1. The van der Waals surface area contributed by atoms with Crippen LogP contribution in [0, 0.1) is 0 Å². The summed E-state index contributed by atoms with van der Waals surface area (Å²) in [6.07, 6.45) is -3.38. The number of azide groups is 1. The number of hydrogen-bond donors (Lipinski definition) is 5. The fourth-order valence-corrected chi connectivity index (χ4v) is 1.97. The van der Waals surface area contributed by atoms with Crippen molar-refractivity contribution in [1.82, 2.24) is 4.98 Å². The number of anilines is 1. The number of aliphatic hydroxyl groups is 3. The summed E-state index contributed by atoms with van der Waals surface area (Å²) in [5.74, 6) is 0.0998. The van der Waals surface area contributed by atoms with Crippen molar-refractivity contribution >= 4 is 5.82 Å². The first-order valence-electron chi connectivity index (χ1n) is 5.56. The first-order valence-corrected chi connectivity index (χ1v) is 5.56. The molecule has 0 aliphatic carbocycles. The topological polar surface area (TPSA) is 181 Å². The van der Waals surface area contributed by atoms with Gasteiger partial charge in [0.2, 0.25) is 12.0 Å². The van der Waals surface area contributed by atoms with E-state index in [9.17, 15) is 20.1 Å². The molecule has 1 aromatic heterocycles. The number of aliphatic hydroxyl groups excluding tert-OH is 3. The van der Waals surface area contributed by atoms with E-state index in [1.54, 1.807) is 0 Å². The first kappa shape index (κ1) is 14.2. The van der Waals surface area contributed by atoms with Gasteiger partial charge in [-0.25, -0.2) is 0 Å². The minimum absolute atomic E-state index is 0.0998. The van der Waals surface area contributed by atoms with Crippen LogP contribution in [0.1, 0.15) is 6.23 Å². The van der Waals surface area contributed by atoms with E-state index in [2.05, 4.69) is 15.0 Å². The Bertz CT molecular complexity index is 613. The van der Waals surface area contributed by atoms with Gasteiger partial charge in [-0.05, 0) is 5.53 Å². The average molecular weight is 285 g/mol. The molecular weight excluding hydrogens is 272 g/mol. The SMILES string of the molecule is [N-]=[N+]=N[C@]1(CO)O[C@@H]([n+]2ccc(N)[nH]c2=O)[C@H](O)[C@@H]1O. The predicted molar refractivity (Wildman–Crippen MR) is 62.8 cm³/mol. The van der Waals surface area contributed by atoms with Crippen LogP contribution in [-0.4, -0.2) is 44.8 Å². The van der Waals surface area contributed by atoms with Crippen LogP contribution in [0.2, 0.25) is 0 Å². The van der Waals surface area contributed by atoms with Gasteiger partial charge in [0.15, 0.2) is 5.82 Å². The van der Waals surface area contributed by atoms with Gasteiger partial charge in [-0.3, -0.25) is 0 Å². The van der Waals surface area contributed by atoms with E-state index in [1.807, 2.05) is 0 Å². The van der Waals surface area contributed by atoms with Gasteiger partial charge < -0.3 is 25.8 Å². The normalized spacial score (nSPS) is 32.9. The summed E-state index contributed by atoms with van der Waals surface area (Å²) in [6.45, 7) is -0.862. The first-order chi connectivity index (χ1) is 9.45. The molecule has 0 saturated carbocycles. The number of hydrogen-bond acceptors (Lipinski definition) is 7. The second-order valence-electron chi connectivity index (χ2n) is 4.24. The van der Waals surface area contributed by atoms with Crippen molar-refractivity contribution in [2.45, 2.75) is 24.2 Å². The number of aromatic amines is 1. The zero-order valence-corrected chi connectivity index (χ0v) is 10.1. The molecule has 0 aromatic carbocycles. The quantitative estimate of drug-likeness (QED) is 0.177. The number of nitrogens with two attached hydrogens (primary N) is 1. The molecule has 1 aliphatic rings. The molecule has 0 radical (unpaired) electrons. The molecule has 0 bridgehead atoms. The highest BCUT2D eigenvalue weighted by molar-refractivity contribution is 5.21. The molecule has 4 atom stereocenters. The highest BCUT2D eigenvalue weighted by atomic mass is 16.6. The van der Waals surface area contributed by atoms with Gasteiger partial charge in [-0.2, -0.15) is 14.3 Å². The van der Waals surface area contributed by atoms with Gasteiger partial charge in [-0.1, -0.05) is 5.11 Å². The van der Waals surface area contributed by atoms with E-state index in [0.29, 0.717) is 0 Å². The Morgan fingerprint density at radius 3 is 2.90 bits per heavy atom. The third kappa shape index (κ3) is 2.09. The fourth-order valence-electron chi connectivity index (χ4n) is 1.97. The summed E-state index contributed by atoms with van der Waals surface area (Å²) in [5, 5.41) is 32.2. The van der Waals surface area contributed by atoms with E-state index < -0.39 is 36.5 Å². The molecule has 1 aliphatic heterocycles. The molecular formula is C9H13N6O5+. The van der Waals surface area contributed by atoms with Crippen molar-refractivity contribution < 1.29 is 24.6 Å². The lowest BCUT2D eigenvalue weighted by atomic mass is 10.1. The monoisotopic (exact) mass is 285 g/mol. The molecule has 2 rings (SSSR count). The summed E-state index contributed by atoms with van der Waals surface area (Å²) < 4.78 is 6.13. The molecule has 0 amide bonds. The highest BCUT2D eigenvalue weighted by Gasteiger charge is 2.56. The van der Waals surface area contributed by atoms with Crippen molar-refractivity contribution in [2.24, 2.45) is 5.11 Å². The minimum atomic E-state index is -2.06. The Morgan fingerprint density at radius 1 is 1.65 bits per heavy atom. The van der Waals surface area contributed by atoms with Gasteiger partial charge in [0.25, 0.3) is 0 Å². The van der Waals surface area contributed by atoms with Crippen LogP contribution in [-0.2, 0) is 4.74 Å². The largest absolute Gasteiger partial charge is 0.499 e. The third-order valence-electron chi connectivity index (χ3n) is 3.02. The zero-order valence-electron chi connectivity index (χ0n) is 10.1. The smallest absolute Gasteiger partial charge is 0.393 e. The maximum Gasteiger partial charge on any atom is 0.499 e. The van der Waals surface area contributed by atoms with Gasteiger partial charge in [0, 0.05) is 11.0 Å².